The van der Waals surface area contributed by atoms with Crippen LogP contribution >= 0.6 is 8.53 Å². The molecule has 0 spiro atoms. The Hall–Kier alpha value is -5.42. The quantitative estimate of drug-likeness (QED) is 0.0641. The molecule has 290 valence electrons. The van der Waals surface area contributed by atoms with Crippen LogP contribution in [0.25, 0.3) is 11.2 Å². The monoisotopic (exact) mass is 784 g/mol. The first-order valence-electron chi connectivity index (χ1n) is 17.2. The molecule has 6 aromatic rings. The van der Waals surface area contributed by atoms with Crippen molar-refractivity contribution in [3.63, 3.8) is 0 Å². The minimum atomic E-state index is -2.72. The molecule has 56 heavy (non-hydrogen) atoms. The van der Waals surface area contributed by atoms with Gasteiger partial charge in [0.1, 0.15) is 29.5 Å². The zero-order chi connectivity index (χ0) is 39.5. The summed E-state index contributed by atoms with van der Waals surface area (Å²) in [6.45, 7) is 0. The number of fused-ring (bicyclic) bond motifs is 1. The fourth-order valence-electron chi connectivity index (χ4n) is 6.78. The molecule has 5 N–H and O–H groups in total. The van der Waals surface area contributed by atoms with Crippen LogP contribution in [-0.2, 0) is 24.3 Å². The number of rotatable bonds is 14. The van der Waals surface area contributed by atoms with Gasteiger partial charge in [-0.3, -0.25) is 14.9 Å². The topological polar surface area (TPSA) is 195 Å². The maximum absolute atomic E-state index is 17.6. The van der Waals surface area contributed by atoms with E-state index < -0.39 is 50.6 Å². The van der Waals surface area contributed by atoms with E-state index in [1.807, 2.05) is 6.07 Å². The fraction of sp³-hybridized carbons (Fsp3) is 0.231. The van der Waals surface area contributed by atoms with Crippen molar-refractivity contribution >= 4 is 31.4 Å². The van der Waals surface area contributed by atoms with E-state index in [1.54, 1.807) is 103 Å². The van der Waals surface area contributed by atoms with Crippen molar-refractivity contribution in [1.29, 1.82) is 0 Å². The molecule has 1 aliphatic rings. The van der Waals surface area contributed by atoms with E-state index in [-0.39, 0.29) is 17.0 Å². The number of hydrogen-bond donors (Lipinski definition) is 4. The number of alkyl halides is 1. The number of nitrogens with one attached hydrogen (secondary N) is 1. The predicted octanol–water partition coefficient (Wildman–Crippen LogP) is 5.20. The minimum Gasteiger partial charge on any atom is -0.497 e. The van der Waals surface area contributed by atoms with Crippen molar-refractivity contribution in [3.8, 4) is 11.5 Å². The van der Waals surface area contributed by atoms with Gasteiger partial charge in [0, 0.05) is 12.7 Å². The predicted molar refractivity (Wildman–Crippen MR) is 202 cm³/mol. The molecule has 15 nitrogen and oxygen atoms in total. The third-order valence-corrected chi connectivity index (χ3v) is 9.94. The molecule has 0 aliphatic carbocycles. The van der Waals surface area contributed by atoms with Gasteiger partial charge in [-0.2, -0.15) is 0 Å². The van der Waals surface area contributed by atoms with E-state index in [0.29, 0.717) is 33.8 Å². The van der Waals surface area contributed by atoms with Gasteiger partial charge < -0.3 is 43.5 Å². The first-order valence-corrected chi connectivity index (χ1v) is 18.4. The van der Waals surface area contributed by atoms with Gasteiger partial charge in [0.25, 0.3) is 14.4 Å². The summed E-state index contributed by atoms with van der Waals surface area (Å²) in [4.78, 5) is 36.3. The van der Waals surface area contributed by atoms with Crippen LogP contribution in [0.1, 0.15) is 33.3 Å². The smallest absolute Gasteiger partial charge is 0.256 e. The Morgan fingerprint density at radius 2 is 1.46 bits per heavy atom. The molecule has 3 heterocycles. The van der Waals surface area contributed by atoms with E-state index in [2.05, 4.69) is 20.3 Å². The summed E-state index contributed by atoms with van der Waals surface area (Å²) in [6.07, 6.45) is -5.19. The summed E-state index contributed by atoms with van der Waals surface area (Å²) >= 11 is 0. The molecule has 0 saturated carbocycles. The molecule has 1 saturated heterocycles. The molecule has 1 fully saturated rings. The van der Waals surface area contributed by atoms with E-state index in [4.69, 9.17) is 33.7 Å². The lowest BCUT2D eigenvalue weighted by molar-refractivity contribution is -0.259. The fourth-order valence-corrected chi connectivity index (χ4v) is 7.28. The van der Waals surface area contributed by atoms with Gasteiger partial charge in [0.15, 0.2) is 29.3 Å². The second-order valence-corrected chi connectivity index (χ2v) is 13.4. The number of nitrogens with zero attached hydrogens (tertiary/aromatic N) is 4. The molecule has 0 bridgehead atoms. The number of nitrogens with two attached hydrogens (primary N) is 1. The lowest BCUT2D eigenvalue weighted by Gasteiger charge is -2.39. The second kappa shape index (κ2) is 16.4. The zero-order valence-corrected chi connectivity index (χ0v) is 31.2. The number of amides is 1. The number of imidazole rings is 1. The first-order chi connectivity index (χ1) is 27.1. The molecule has 1 amide bonds. The van der Waals surface area contributed by atoms with Crippen LogP contribution in [0, 0.1) is 0 Å². The van der Waals surface area contributed by atoms with E-state index >= 15 is 4.39 Å². The summed E-state index contributed by atoms with van der Waals surface area (Å²) in [5.41, 5.74) is 6.22. The summed E-state index contributed by atoms with van der Waals surface area (Å²) in [6, 6.07) is 31.4. The average molecular weight is 785 g/mol. The van der Waals surface area contributed by atoms with Crippen molar-refractivity contribution in [2.75, 3.05) is 26.6 Å². The molecule has 4 aromatic carbocycles. The number of carbonyl (C=O) groups is 1. The number of aromatic nitrogens is 4. The van der Waals surface area contributed by atoms with Gasteiger partial charge in [0.2, 0.25) is 12.1 Å². The third-order valence-electron chi connectivity index (χ3n) is 9.49. The minimum absolute atomic E-state index is 0.0603. The highest BCUT2D eigenvalue weighted by atomic mass is 31.2. The number of anilines is 1. The number of ether oxygens (including phenoxy) is 5. The van der Waals surface area contributed by atoms with Crippen LogP contribution in [0.3, 0.4) is 0 Å². The highest BCUT2D eigenvalue weighted by Crippen LogP contribution is 2.50. The van der Waals surface area contributed by atoms with Gasteiger partial charge in [0.05, 0.1) is 20.5 Å². The molecular weight excluding hydrogens is 746 g/mol. The van der Waals surface area contributed by atoms with Crippen molar-refractivity contribution in [1.82, 2.24) is 19.5 Å². The first kappa shape index (κ1) is 38.8. The normalized spacial score (nSPS) is 20.7. The molecule has 2 unspecified atom stereocenters. The summed E-state index contributed by atoms with van der Waals surface area (Å²) < 4.78 is 53.8. The van der Waals surface area contributed by atoms with Crippen LogP contribution in [0.15, 0.2) is 122 Å². The van der Waals surface area contributed by atoms with Crippen molar-refractivity contribution < 1.29 is 47.4 Å². The van der Waals surface area contributed by atoms with Gasteiger partial charge in [-0.15, -0.1) is 0 Å². The highest BCUT2D eigenvalue weighted by Gasteiger charge is 2.63. The Balaban J connectivity index is 1.31. The molecule has 17 heteroatoms. The lowest BCUT2D eigenvalue weighted by atomic mass is 9.80. The Kier molecular flexibility index (Phi) is 11.3. The van der Waals surface area contributed by atoms with Crippen molar-refractivity contribution in [2.24, 2.45) is 5.50 Å². The van der Waals surface area contributed by atoms with Crippen LogP contribution in [-0.4, -0.2) is 81.1 Å². The molecule has 7 rings (SSSR count). The third kappa shape index (κ3) is 7.20. The summed E-state index contributed by atoms with van der Waals surface area (Å²) in [7, 11) is 1.50. The molecule has 1 aliphatic heterocycles. The summed E-state index contributed by atoms with van der Waals surface area (Å²) in [5, 5.41) is 14.9. The van der Waals surface area contributed by atoms with Crippen molar-refractivity contribution in [3.05, 3.63) is 144 Å². The van der Waals surface area contributed by atoms with Gasteiger partial charge in [-0.1, -0.05) is 72.8 Å². The van der Waals surface area contributed by atoms with Crippen LogP contribution in [0.4, 0.5) is 10.2 Å². The Labute approximate surface area is 321 Å². The number of aliphatic hydroxyl groups is 1. The number of methoxy groups -OCH3 is 3. The standard InChI is InChI=1S/C39H38FN6O9P/c1-50-28-18-14-26(15-19-28)38(25-12-8-5-9-13-25,27-16-20-29(51-2)21-17-27)54-33(40)31-32(55-56(41)49)39(48,52-3)37(53-31)46-23-44-30-34(42-22-43-35(30)46)45-36(47)24-10-6-4-7-11-24/h4-23,31-33,37,48-49H,41H2,1-3H3,(H,42,43,45,47)/t31-,32+,33?,37+,39-,56?/m0/s1. The van der Waals surface area contributed by atoms with Crippen molar-refractivity contribution in [2.45, 2.75) is 36.2 Å². The van der Waals surface area contributed by atoms with Gasteiger partial charge in [-0.25, -0.2) is 19.3 Å². The highest BCUT2D eigenvalue weighted by molar-refractivity contribution is 7.43. The number of benzene rings is 4. The number of carbonyl (C=O) groups excluding carboxylic acids is 1. The van der Waals surface area contributed by atoms with Crippen LogP contribution in [0.5, 0.6) is 11.5 Å². The van der Waals surface area contributed by atoms with E-state index in [0.717, 1.165) is 7.11 Å². The Bertz CT molecular complexity index is 2210. The number of hydrogen-bond acceptors (Lipinski definition) is 13. The van der Waals surface area contributed by atoms with E-state index in [1.165, 1.54) is 31.4 Å². The molecular formula is C39H38FN6O9P. The van der Waals surface area contributed by atoms with E-state index in [9.17, 15) is 14.8 Å². The van der Waals surface area contributed by atoms with Gasteiger partial charge in [-0.05, 0) is 53.1 Å². The SMILES string of the molecule is COc1ccc(C(OC(F)[C@H]2O[C@@H](n3cnc4c(NC(=O)c5ccccc5)ncnc43)[C@@](O)(OC)[C@@H]2OP(N)O)(c2ccccc2)c2ccc(OC)cc2)cc1. The van der Waals surface area contributed by atoms with Gasteiger partial charge >= 0.3 is 0 Å². The maximum atomic E-state index is 17.6. The van der Waals surface area contributed by atoms with Crippen LogP contribution in [0.2, 0.25) is 0 Å². The largest absolute Gasteiger partial charge is 0.497 e. The zero-order valence-electron chi connectivity index (χ0n) is 30.3. The molecule has 0 radical (unpaired) electrons. The average Bonchev–Trinajstić information content (AvgIpc) is 3.79. The van der Waals surface area contributed by atoms with Crippen LogP contribution < -0.4 is 20.3 Å². The number of halogens is 1. The Morgan fingerprint density at radius 1 is 0.893 bits per heavy atom. The lowest BCUT2D eigenvalue weighted by Crippen LogP contribution is -2.51. The maximum Gasteiger partial charge on any atom is 0.256 e. The molecule has 2 aromatic heterocycles. The Morgan fingerprint density at radius 3 is 2.02 bits per heavy atom. The molecule has 6 atom stereocenters. The second-order valence-electron chi connectivity index (χ2n) is 12.6. The summed E-state index contributed by atoms with van der Waals surface area (Å²) in [5.74, 6) is -1.80.